The van der Waals surface area contributed by atoms with E-state index in [0.29, 0.717) is 12.4 Å². The molecule has 3 rings (SSSR count). The number of hydrazone groups is 1. The van der Waals surface area contributed by atoms with Crippen LogP contribution in [0.2, 0.25) is 0 Å². The van der Waals surface area contributed by atoms with Crippen LogP contribution in [0.15, 0.2) is 72.0 Å². The molecule has 0 aliphatic carbocycles. The number of nitrogens with zero attached hydrogens (tertiary/aromatic N) is 3. The van der Waals surface area contributed by atoms with E-state index in [1.807, 2.05) is 48.5 Å². The topological polar surface area (TPSA) is 89.7 Å². The van der Waals surface area contributed by atoms with E-state index in [2.05, 4.69) is 38.1 Å². The summed E-state index contributed by atoms with van der Waals surface area (Å²) in [6, 6.07) is 18.6. The van der Waals surface area contributed by atoms with Crippen molar-refractivity contribution in [2.75, 3.05) is 5.43 Å². The predicted molar refractivity (Wildman–Crippen MR) is 112 cm³/mol. The molecule has 1 aromatic heterocycles. The van der Waals surface area contributed by atoms with Crippen LogP contribution in [0.25, 0.3) is 0 Å². The SMILES string of the molecule is O=[N+]([O-])c1ccc(N/N=C/c2ccc(OCc3ccccc3)c(I)c2)nc1. The zero-order chi connectivity index (χ0) is 19.1. The first-order valence-corrected chi connectivity index (χ1v) is 9.05. The van der Waals surface area contributed by atoms with Gasteiger partial charge < -0.3 is 4.74 Å². The number of ether oxygens (including phenoxy) is 1. The second kappa shape index (κ2) is 9.08. The number of rotatable bonds is 7. The quantitative estimate of drug-likeness (QED) is 0.234. The molecule has 8 heteroatoms. The van der Waals surface area contributed by atoms with Crippen LogP contribution < -0.4 is 10.2 Å². The summed E-state index contributed by atoms with van der Waals surface area (Å²) in [6.45, 7) is 0.512. The number of pyridine rings is 1. The minimum absolute atomic E-state index is 0.0647. The molecule has 0 saturated carbocycles. The number of aromatic nitrogens is 1. The average molecular weight is 474 g/mol. The largest absolute Gasteiger partial charge is 0.488 e. The normalized spacial score (nSPS) is 10.7. The van der Waals surface area contributed by atoms with Crippen LogP contribution in [0.1, 0.15) is 11.1 Å². The first kappa shape index (κ1) is 18.8. The zero-order valence-corrected chi connectivity index (χ0v) is 16.2. The fraction of sp³-hybridized carbons (Fsp3) is 0.0526. The molecule has 2 aromatic carbocycles. The van der Waals surface area contributed by atoms with Crippen molar-refractivity contribution < 1.29 is 9.66 Å². The van der Waals surface area contributed by atoms with Crippen LogP contribution in [-0.2, 0) is 6.61 Å². The van der Waals surface area contributed by atoms with E-state index < -0.39 is 4.92 Å². The second-order valence-electron chi connectivity index (χ2n) is 5.49. The van der Waals surface area contributed by atoms with Crippen molar-refractivity contribution >= 4 is 40.3 Å². The number of nitro groups is 1. The van der Waals surface area contributed by atoms with Gasteiger partial charge in [0, 0.05) is 6.07 Å². The van der Waals surface area contributed by atoms with Crippen molar-refractivity contribution in [2.24, 2.45) is 5.10 Å². The third kappa shape index (κ3) is 5.48. The van der Waals surface area contributed by atoms with E-state index in [4.69, 9.17) is 4.74 Å². The van der Waals surface area contributed by atoms with E-state index in [1.54, 1.807) is 6.21 Å². The van der Waals surface area contributed by atoms with Gasteiger partial charge in [0.2, 0.25) is 0 Å². The Morgan fingerprint density at radius 2 is 2.00 bits per heavy atom. The van der Waals surface area contributed by atoms with E-state index in [1.165, 1.54) is 18.3 Å². The molecule has 7 nitrogen and oxygen atoms in total. The van der Waals surface area contributed by atoms with Gasteiger partial charge in [-0.05, 0) is 58.0 Å². The van der Waals surface area contributed by atoms with Crippen LogP contribution >= 0.6 is 22.6 Å². The Hall–Kier alpha value is -3.01. The molecule has 136 valence electrons. The van der Waals surface area contributed by atoms with Crippen LogP contribution in [0.5, 0.6) is 5.75 Å². The van der Waals surface area contributed by atoms with E-state index >= 15 is 0 Å². The van der Waals surface area contributed by atoms with Gasteiger partial charge in [-0.25, -0.2) is 4.98 Å². The van der Waals surface area contributed by atoms with Crippen molar-refractivity contribution in [1.29, 1.82) is 0 Å². The summed E-state index contributed by atoms with van der Waals surface area (Å²) >= 11 is 2.22. The average Bonchev–Trinajstić information content (AvgIpc) is 2.68. The molecule has 0 aliphatic rings. The van der Waals surface area contributed by atoms with Crippen molar-refractivity contribution in [1.82, 2.24) is 4.98 Å². The molecule has 0 aliphatic heterocycles. The Kier molecular flexibility index (Phi) is 6.31. The third-order valence-electron chi connectivity index (χ3n) is 3.54. The molecule has 0 fully saturated rings. The second-order valence-corrected chi connectivity index (χ2v) is 6.66. The number of anilines is 1. The number of nitrogens with one attached hydrogen (secondary N) is 1. The van der Waals surface area contributed by atoms with Crippen molar-refractivity contribution in [2.45, 2.75) is 6.61 Å². The fourth-order valence-electron chi connectivity index (χ4n) is 2.18. The van der Waals surface area contributed by atoms with Crippen molar-refractivity contribution in [3.8, 4) is 5.75 Å². The summed E-state index contributed by atoms with van der Waals surface area (Å²) in [7, 11) is 0. The summed E-state index contributed by atoms with van der Waals surface area (Å²) < 4.78 is 6.82. The van der Waals surface area contributed by atoms with Crippen molar-refractivity contribution in [3.63, 3.8) is 0 Å². The maximum Gasteiger partial charge on any atom is 0.287 e. The Morgan fingerprint density at radius 3 is 2.67 bits per heavy atom. The molecule has 0 bridgehead atoms. The van der Waals surface area contributed by atoms with Crippen molar-refractivity contribution in [3.05, 3.63) is 91.7 Å². The Bertz CT molecular complexity index is 947. The van der Waals surface area contributed by atoms with E-state index in [-0.39, 0.29) is 5.69 Å². The van der Waals surface area contributed by atoms with Gasteiger partial charge in [-0.2, -0.15) is 5.10 Å². The summed E-state index contributed by atoms with van der Waals surface area (Å²) in [5, 5.41) is 14.7. The maximum absolute atomic E-state index is 10.6. The summed E-state index contributed by atoms with van der Waals surface area (Å²) in [4.78, 5) is 14.0. The first-order valence-electron chi connectivity index (χ1n) is 7.97. The highest BCUT2D eigenvalue weighted by atomic mass is 127. The highest BCUT2D eigenvalue weighted by molar-refractivity contribution is 14.1. The van der Waals surface area contributed by atoms with Gasteiger partial charge in [0.05, 0.1) is 14.7 Å². The van der Waals surface area contributed by atoms with Gasteiger partial charge in [0.1, 0.15) is 24.4 Å². The number of hydrogen-bond donors (Lipinski definition) is 1. The van der Waals surface area contributed by atoms with Gasteiger partial charge >= 0.3 is 0 Å². The molecule has 0 saturated heterocycles. The molecular formula is C19H15IN4O3. The predicted octanol–water partition coefficient (Wildman–Crippen LogP) is 4.62. The maximum atomic E-state index is 10.6. The number of benzene rings is 2. The Labute approximate surface area is 169 Å². The molecule has 0 unspecified atom stereocenters. The lowest BCUT2D eigenvalue weighted by Crippen LogP contribution is -1.98. The monoisotopic (exact) mass is 474 g/mol. The minimum Gasteiger partial charge on any atom is -0.488 e. The Morgan fingerprint density at radius 1 is 1.19 bits per heavy atom. The summed E-state index contributed by atoms with van der Waals surface area (Å²) in [6.07, 6.45) is 2.83. The van der Waals surface area contributed by atoms with Gasteiger partial charge in [0.15, 0.2) is 0 Å². The van der Waals surface area contributed by atoms with Gasteiger partial charge in [-0.1, -0.05) is 30.3 Å². The van der Waals surface area contributed by atoms with E-state index in [0.717, 1.165) is 20.4 Å². The molecule has 1 N–H and O–H groups in total. The molecular weight excluding hydrogens is 459 g/mol. The lowest BCUT2D eigenvalue weighted by Gasteiger charge is -2.09. The first-order chi connectivity index (χ1) is 13.1. The lowest BCUT2D eigenvalue weighted by atomic mass is 10.2. The van der Waals surface area contributed by atoms with Gasteiger partial charge in [0.25, 0.3) is 5.69 Å². The molecule has 3 aromatic rings. The van der Waals surface area contributed by atoms with Crippen LogP contribution in [0.3, 0.4) is 0 Å². The molecule has 0 radical (unpaired) electrons. The highest BCUT2D eigenvalue weighted by Gasteiger charge is 2.05. The number of halogens is 1. The van der Waals surface area contributed by atoms with Gasteiger partial charge in [-0.3, -0.25) is 15.5 Å². The van der Waals surface area contributed by atoms with Crippen LogP contribution in [0, 0.1) is 13.7 Å². The van der Waals surface area contributed by atoms with Crippen LogP contribution in [-0.4, -0.2) is 16.1 Å². The summed E-state index contributed by atoms with van der Waals surface area (Å²) in [5.41, 5.74) is 4.68. The van der Waals surface area contributed by atoms with Crippen LogP contribution in [0.4, 0.5) is 11.5 Å². The lowest BCUT2D eigenvalue weighted by molar-refractivity contribution is -0.385. The standard InChI is InChI=1S/C19H15IN4O3/c20-17-10-15(6-8-18(17)27-13-14-4-2-1-3-5-14)11-22-23-19-9-7-16(12-21-19)24(25)26/h1-12H,13H2,(H,21,23)/b22-11+. The number of hydrogen-bond acceptors (Lipinski definition) is 6. The van der Waals surface area contributed by atoms with E-state index in [9.17, 15) is 10.1 Å². The molecule has 0 spiro atoms. The Balaban J connectivity index is 1.58. The smallest absolute Gasteiger partial charge is 0.287 e. The highest BCUT2D eigenvalue weighted by Crippen LogP contribution is 2.22. The third-order valence-corrected chi connectivity index (χ3v) is 4.39. The molecule has 27 heavy (non-hydrogen) atoms. The molecule has 0 amide bonds. The fourth-order valence-corrected chi connectivity index (χ4v) is 2.88. The zero-order valence-electron chi connectivity index (χ0n) is 14.1. The van der Waals surface area contributed by atoms with Gasteiger partial charge in [-0.15, -0.1) is 0 Å². The molecule has 1 heterocycles. The molecule has 0 atom stereocenters. The minimum atomic E-state index is -0.497. The summed E-state index contributed by atoms with van der Waals surface area (Å²) in [5.74, 6) is 1.23.